The van der Waals surface area contributed by atoms with E-state index in [1.54, 1.807) is 24.3 Å². The van der Waals surface area contributed by atoms with Gasteiger partial charge in [-0.05, 0) is 51.0 Å². The Kier molecular flexibility index (Phi) is 6.45. The van der Waals surface area contributed by atoms with Gasteiger partial charge in [-0.1, -0.05) is 30.3 Å². The molecular weight excluding hydrogens is 342 g/mol. The van der Waals surface area contributed by atoms with Gasteiger partial charge in [0.05, 0.1) is 12.2 Å². The third-order valence-electron chi connectivity index (χ3n) is 3.41. The maximum atomic E-state index is 13.4. The fourth-order valence-electron chi connectivity index (χ4n) is 2.43. The van der Waals surface area contributed by atoms with Gasteiger partial charge in [-0.2, -0.15) is 0 Å². The number of hydrogen-bond donors (Lipinski definition) is 0. The molecular formula is C19H21F2O3Si. The summed E-state index contributed by atoms with van der Waals surface area (Å²) in [6.07, 6.45) is -0.304. The molecule has 3 radical (unpaired) electrons. The lowest BCUT2D eigenvalue weighted by molar-refractivity contribution is -0.378. The summed E-state index contributed by atoms with van der Waals surface area (Å²) in [6, 6.07) is 10.9. The summed E-state index contributed by atoms with van der Waals surface area (Å²) in [5.74, 6) is -3.17. The number of rotatable bonds is 7. The minimum absolute atomic E-state index is 0.152. The summed E-state index contributed by atoms with van der Waals surface area (Å²) >= 11 is 0. The number of halogens is 2. The van der Waals surface area contributed by atoms with Crippen LogP contribution < -0.4 is 0 Å². The summed E-state index contributed by atoms with van der Waals surface area (Å²) in [5, 5.41) is 0. The molecule has 0 spiro atoms. The monoisotopic (exact) mass is 363 g/mol. The molecule has 6 heteroatoms. The molecule has 0 aliphatic heterocycles. The summed E-state index contributed by atoms with van der Waals surface area (Å²) in [6.45, 7) is 7.50. The van der Waals surface area contributed by atoms with Crippen LogP contribution in [0.15, 0.2) is 42.5 Å². The van der Waals surface area contributed by atoms with Crippen LogP contribution in [0.5, 0.6) is 0 Å². The maximum absolute atomic E-state index is 13.4. The van der Waals surface area contributed by atoms with E-state index >= 15 is 0 Å². The van der Waals surface area contributed by atoms with Crippen LogP contribution in [-0.4, -0.2) is 22.7 Å². The molecule has 0 fully saturated rings. The number of ether oxygens (including phenoxy) is 2. The average Bonchev–Trinajstić information content (AvgIpc) is 2.56. The summed E-state index contributed by atoms with van der Waals surface area (Å²) in [5.41, 5.74) is 1.95. The molecule has 0 unspecified atom stereocenters. The zero-order chi connectivity index (χ0) is 18.6. The van der Waals surface area contributed by atoms with Crippen molar-refractivity contribution in [2.24, 2.45) is 0 Å². The van der Waals surface area contributed by atoms with Crippen LogP contribution >= 0.6 is 0 Å². The van der Waals surface area contributed by atoms with Crippen LogP contribution in [0.25, 0.3) is 11.1 Å². The van der Waals surface area contributed by atoms with Crippen molar-refractivity contribution in [3.63, 3.8) is 0 Å². The Morgan fingerprint density at radius 2 is 1.32 bits per heavy atom. The molecule has 0 aromatic heterocycles. The molecule has 0 aliphatic rings. The molecule has 0 aliphatic carbocycles. The fraction of sp³-hybridized carbons (Fsp3) is 0.368. The third-order valence-corrected chi connectivity index (χ3v) is 3.68. The Morgan fingerprint density at radius 1 is 0.800 bits per heavy atom. The fourth-order valence-corrected chi connectivity index (χ4v) is 2.65. The van der Waals surface area contributed by atoms with Crippen molar-refractivity contribution in [1.29, 1.82) is 0 Å². The van der Waals surface area contributed by atoms with Crippen molar-refractivity contribution in [3.05, 3.63) is 59.7 Å². The standard InChI is InChI=1S/C19H21F2O3Si/c1-12(2)22-19(24-25,23-13(3)4)16-8-5-14(6-9-16)15-7-10-17(20)18(21)11-15/h5-13H,1-4H3. The first-order valence-electron chi connectivity index (χ1n) is 8.03. The highest BCUT2D eigenvalue weighted by atomic mass is 28.2. The van der Waals surface area contributed by atoms with E-state index in [0.717, 1.165) is 17.7 Å². The van der Waals surface area contributed by atoms with Crippen molar-refractivity contribution in [1.82, 2.24) is 0 Å². The molecule has 0 saturated carbocycles. The van der Waals surface area contributed by atoms with Crippen LogP contribution in [0.3, 0.4) is 0 Å². The van der Waals surface area contributed by atoms with Gasteiger partial charge < -0.3 is 13.9 Å². The van der Waals surface area contributed by atoms with Crippen LogP contribution in [0.1, 0.15) is 33.3 Å². The molecule has 133 valence electrons. The molecule has 3 nitrogen and oxygen atoms in total. The third kappa shape index (κ3) is 4.73. The van der Waals surface area contributed by atoms with Gasteiger partial charge in [-0.25, -0.2) is 8.78 Å². The van der Waals surface area contributed by atoms with Crippen molar-refractivity contribution >= 4 is 10.5 Å². The van der Waals surface area contributed by atoms with E-state index in [1.165, 1.54) is 6.07 Å². The van der Waals surface area contributed by atoms with Gasteiger partial charge in [0, 0.05) is 5.56 Å². The largest absolute Gasteiger partial charge is 0.367 e. The highest BCUT2D eigenvalue weighted by molar-refractivity contribution is 5.98. The molecule has 2 rings (SSSR count). The minimum atomic E-state index is -1.41. The second kappa shape index (κ2) is 8.18. The minimum Gasteiger partial charge on any atom is -0.367 e. The summed E-state index contributed by atoms with van der Waals surface area (Å²) in [7, 11) is 3.06. The lowest BCUT2D eigenvalue weighted by Crippen LogP contribution is -2.40. The van der Waals surface area contributed by atoms with Crippen LogP contribution in [-0.2, 0) is 19.9 Å². The Balaban J connectivity index is 2.38. The zero-order valence-electron chi connectivity index (χ0n) is 14.7. The number of hydrogen-bond acceptors (Lipinski definition) is 3. The van der Waals surface area contributed by atoms with E-state index < -0.39 is 17.6 Å². The molecule has 0 amide bonds. The van der Waals surface area contributed by atoms with Gasteiger partial charge in [0.2, 0.25) is 0 Å². The van der Waals surface area contributed by atoms with Crippen molar-refractivity contribution in [2.45, 2.75) is 45.9 Å². The Labute approximate surface area is 150 Å². The van der Waals surface area contributed by atoms with E-state index in [1.807, 2.05) is 27.7 Å². The van der Waals surface area contributed by atoms with Crippen molar-refractivity contribution in [2.75, 3.05) is 0 Å². The van der Waals surface area contributed by atoms with Gasteiger partial charge >= 0.3 is 5.97 Å². The highest BCUT2D eigenvalue weighted by Crippen LogP contribution is 2.33. The molecule has 0 N–H and O–H groups in total. The molecule has 2 aromatic rings. The molecule has 0 heterocycles. The van der Waals surface area contributed by atoms with E-state index in [0.29, 0.717) is 11.1 Å². The first-order valence-corrected chi connectivity index (χ1v) is 8.44. The van der Waals surface area contributed by atoms with Gasteiger partial charge in [0.1, 0.15) is 0 Å². The first kappa shape index (κ1) is 19.7. The molecule has 2 aromatic carbocycles. The van der Waals surface area contributed by atoms with Gasteiger partial charge in [0.25, 0.3) is 10.5 Å². The zero-order valence-corrected chi connectivity index (χ0v) is 15.7. The quantitative estimate of drug-likeness (QED) is 0.527. The highest BCUT2D eigenvalue weighted by Gasteiger charge is 2.36. The molecule has 0 bridgehead atoms. The second-order valence-electron chi connectivity index (χ2n) is 6.20. The van der Waals surface area contributed by atoms with Gasteiger partial charge in [-0.3, -0.25) is 0 Å². The lowest BCUT2D eigenvalue weighted by Gasteiger charge is -2.35. The Bertz CT molecular complexity index is 692. The van der Waals surface area contributed by atoms with Crippen molar-refractivity contribution < 1.29 is 22.7 Å². The van der Waals surface area contributed by atoms with E-state index in [2.05, 4.69) is 10.5 Å². The van der Waals surface area contributed by atoms with Gasteiger partial charge in [0.15, 0.2) is 11.6 Å². The lowest BCUT2D eigenvalue weighted by atomic mass is 10.0. The predicted molar refractivity (Wildman–Crippen MR) is 92.8 cm³/mol. The maximum Gasteiger partial charge on any atom is 0.302 e. The summed E-state index contributed by atoms with van der Waals surface area (Å²) < 4.78 is 43.6. The normalized spacial score (nSPS) is 12.2. The Morgan fingerprint density at radius 3 is 1.76 bits per heavy atom. The second-order valence-corrected chi connectivity index (χ2v) is 6.40. The van der Waals surface area contributed by atoms with Crippen molar-refractivity contribution in [3.8, 4) is 11.1 Å². The molecule has 25 heavy (non-hydrogen) atoms. The molecule has 0 saturated heterocycles. The number of benzene rings is 2. The smallest absolute Gasteiger partial charge is 0.302 e. The van der Waals surface area contributed by atoms with Crippen LogP contribution in [0, 0.1) is 11.6 Å². The van der Waals surface area contributed by atoms with E-state index in [4.69, 9.17) is 13.9 Å². The SMILES string of the molecule is CC(C)OC(O[Si])(OC(C)C)c1ccc(-c2ccc(F)c(F)c2)cc1. The van der Waals surface area contributed by atoms with Gasteiger partial charge in [-0.15, -0.1) is 0 Å². The topological polar surface area (TPSA) is 27.7 Å². The van der Waals surface area contributed by atoms with E-state index in [-0.39, 0.29) is 12.2 Å². The predicted octanol–water partition coefficient (Wildman–Crippen LogP) is 4.69. The Hall–Kier alpha value is -1.60. The molecule has 0 atom stereocenters. The average molecular weight is 363 g/mol. The van der Waals surface area contributed by atoms with Crippen LogP contribution in [0.4, 0.5) is 8.78 Å². The van der Waals surface area contributed by atoms with E-state index in [9.17, 15) is 8.78 Å². The summed E-state index contributed by atoms with van der Waals surface area (Å²) in [4.78, 5) is 0. The first-order chi connectivity index (χ1) is 11.8. The van der Waals surface area contributed by atoms with Crippen LogP contribution in [0.2, 0.25) is 0 Å².